The third kappa shape index (κ3) is 6.12. The lowest BCUT2D eigenvalue weighted by molar-refractivity contribution is -0.130. The van der Waals surface area contributed by atoms with Crippen LogP contribution in [0, 0.1) is 17.8 Å². The Morgan fingerprint density at radius 2 is 1.80 bits per heavy atom. The van der Waals surface area contributed by atoms with Crippen LogP contribution in [0.1, 0.15) is 64.7 Å². The Hall–Kier alpha value is -1.78. The van der Waals surface area contributed by atoms with Gasteiger partial charge in [0, 0.05) is 25.4 Å². The molecule has 0 radical (unpaired) electrons. The van der Waals surface area contributed by atoms with Gasteiger partial charge in [0.05, 0.1) is 5.71 Å². The molecule has 0 aromatic rings. The summed E-state index contributed by atoms with van der Waals surface area (Å²) in [6, 6.07) is 0. The van der Waals surface area contributed by atoms with Gasteiger partial charge in [0.25, 0.3) is 0 Å². The van der Waals surface area contributed by atoms with Crippen LogP contribution in [0.2, 0.25) is 6.32 Å². The summed E-state index contributed by atoms with van der Waals surface area (Å²) in [4.78, 5) is 19.7. The molecule has 1 saturated heterocycles. The van der Waals surface area contributed by atoms with E-state index in [1.54, 1.807) is 0 Å². The predicted octanol–water partition coefficient (Wildman–Crippen LogP) is 4.70. The van der Waals surface area contributed by atoms with E-state index >= 15 is 0 Å². The number of carbonyl (C=O) groups is 1. The Kier molecular flexibility index (Phi) is 8.83. The van der Waals surface area contributed by atoms with E-state index in [1.165, 1.54) is 57.1 Å². The minimum Gasteiger partial charge on any atom is -0.387 e. The second kappa shape index (κ2) is 11.6. The standard InChI is InChI=1S/C25H39BN2O2/c1-3-4-5-8-19(2)24-17-23(27-30-24)22-11-6-9-20(10-7-12-22)21-13-15-28(16-14-21)25(29)18-26/h3-5,8,20-22,24H,2,6-7,9-18,26H2,1H3/b4-3-,8-5-. The Morgan fingerprint density at radius 1 is 1.13 bits per heavy atom. The first kappa shape index (κ1) is 22.9. The summed E-state index contributed by atoms with van der Waals surface area (Å²) in [5.41, 5.74) is 2.26. The van der Waals surface area contributed by atoms with Crippen molar-refractivity contribution in [2.75, 3.05) is 13.1 Å². The van der Waals surface area contributed by atoms with Crippen LogP contribution < -0.4 is 0 Å². The molecule has 0 spiro atoms. The first-order valence-electron chi connectivity index (χ1n) is 12.1. The number of carbonyl (C=O) groups excluding carboxylic acids is 1. The van der Waals surface area contributed by atoms with Gasteiger partial charge in [-0.15, -0.1) is 0 Å². The predicted molar refractivity (Wildman–Crippen MR) is 127 cm³/mol. The van der Waals surface area contributed by atoms with Crippen molar-refractivity contribution < 1.29 is 9.63 Å². The zero-order chi connectivity index (χ0) is 21.3. The largest absolute Gasteiger partial charge is 0.387 e. The molecule has 30 heavy (non-hydrogen) atoms. The van der Waals surface area contributed by atoms with E-state index in [2.05, 4.69) is 16.6 Å². The molecule has 1 saturated carbocycles. The van der Waals surface area contributed by atoms with E-state index in [4.69, 9.17) is 4.84 Å². The van der Waals surface area contributed by atoms with E-state index in [0.717, 1.165) is 36.9 Å². The third-order valence-electron chi connectivity index (χ3n) is 7.31. The lowest BCUT2D eigenvalue weighted by Crippen LogP contribution is -2.40. The molecule has 0 aromatic carbocycles. The Morgan fingerprint density at radius 3 is 2.43 bits per heavy atom. The minimum atomic E-state index is 0.00992. The van der Waals surface area contributed by atoms with Gasteiger partial charge in [-0.2, -0.15) is 0 Å². The van der Waals surface area contributed by atoms with Crippen LogP contribution in [0.4, 0.5) is 0 Å². The van der Waals surface area contributed by atoms with Crippen molar-refractivity contribution in [1.82, 2.24) is 4.90 Å². The van der Waals surface area contributed by atoms with Crippen LogP contribution in [0.25, 0.3) is 0 Å². The van der Waals surface area contributed by atoms with E-state index in [1.807, 2.05) is 39.1 Å². The Bertz CT molecular complexity index is 667. The fourth-order valence-corrected chi connectivity index (χ4v) is 5.42. The van der Waals surface area contributed by atoms with Crippen molar-refractivity contribution in [2.45, 2.75) is 77.1 Å². The molecule has 3 rings (SSSR count). The molecule has 2 heterocycles. The van der Waals surface area contributed by atoms with Crippen molar-refractivity contribution in [1.29, 1.82) is 0 Å². The lowest BCUT2D eigenvalue weighted by Gasteiger charge is -2.37. The van der Waals surface area contributed by atoms with Crippen LogP contribution in [0.3, 0.4) is 0 Å². The number of rotatable bonds is 6. The normalized spacial score (nSPS) is 28.9. The molecule has 2 fully saturated rings. The Balaban J connectivity index is 1.43. The van der Waals surface area contributed by atoms with Gasteiger partial charge in [-0.25, -0.2) is 0 Å². The fraction of sp³-hybridized carbons (Fsp3) is 0.680. The quantitative estimate of drug-likeness (QED) is 0.471. The molecule has 0 aromatic heterocycles. The maximum Gasteiger partial charge on any atom is 0.214 e. The molecule has 164 valence electrons. The maximum atomic E-state index is 11.9. The van der Waals surface area contributed by atoms with Crippen molar-refractivity contribution >= 4 is 19.5 Å². The smallest absolute Gasteiger partial charge is 0.214 e. The molecule has 2 aliphatic heterocycles. The fourth-order valence-electron chi connectivity index (χ4n) is 5.42. The summed E-state index contributed by atoms with van der Waals surface area (Å²) in [5, 5.41) is 4.47. The summed E-state index contributed by atoms with van der Waals surface area (Å²) in [6.45, 7) is 8.11. The number of hydrogen-bond donors (Lipinski definition) is 0. The molecule has 1 unspecified atom stereocenters. The highest BCUT2D eigenvalue weighted by Gasteiger charge is 2.32. The highest BCUT2D eigenvalue weighted by atomic mass is 16.6. The molecule has 0 N–H and O–H groups in total. The van der Waals surface area contributed by atoms with Crippen LogP contribution in [-0.2, 0) is 9.63 Å². The van der Waals surface area contributed by atoms with Crippen LogP contribution in [0.5, 0.6) is 0 Å². The summed E-state index contributed by atoms with van der Waals surface area (Å²) >= 11 is 0. The molecule has 1 amide bonds. The van der Waals surface area contributed by atoms with Gasteiger partial charge in [-0.05, 0) is 56.3 Å². The second-order valence-electron chi connectivity index (χ2n) is 9.23. The second-order valence-corrected chi connectivity index (χ2v) is 9.23. The first-order chi connectivity index (χ1) is 14.6. The number of hydrogen-bond acceptors (Lipinski definition) is 3. The molecule has 1 atom stereocenters. The molecular weight excluding hydrogens is 371 g/mol. The van der Waals surface area contributed by atoms with Crippen LogP contribution in [0.15, 0.2) is 41.6 Å². The Labute approximate surface area is 183 Å². The topological polar surface area (TPSA) is 41.9 Å². The van der Waals surface area contributed by atoms with Crippen LogP contribution in [-0.4, -0.2) is 43.6 Å². The first-order valence-corrected chi connectivity index (χ1v) is 12.1. The number of nitrogens with zero attached hydrogens (tertiary/aromatic N) is 2. The zero-order valence-corrected chi connectivity index (χ0v) is 19.0. The monoisotopic (exact) mass is 410 g/mol. The summed E-state index contributed by atoms with van der Waals surface area (Å²) in [5.74, 6) is 2.56. The average Bonchev–Trinajstić information content (AvgIpc) is 3.24. The zero-order valence-electron chi connectivity index (χ0n) is 19.0. The molecule has 5 heteroatoms. The van der Waals surface area contributed by atoms with Gasteiger partial charge in [-0.1, -0.05) is 61.7 Å². The van der Waals surface area contributed by atoms with Crippen molar-refractivity contribution in [3.05, 3.63) is 36.5 Å². The third-order valence-corrected chi connectivity index (χ3v) is 7.31. The van der Waals surface area contributed by atoms with Gasteiger partial charge in [0.1, 0.15) is 7.85 Å². The van der Waals surface area contributed by atoms with Gasteiger partial charge < -0.3 is 9.74 Å². The molecule has 0 bridgehead atoms. The van der Waals surface area contributed by atoms with Gasteiger partial charge in [-0.3, -0.25) is 4.79 Å². The molecule has 3 aliphatic rings. The number of likely N-dealkylation sites (tertiary alicyclic amines) is 1. The maximum absolute atomic E-state index is 11.9. The SMILES string of the molecule is BCC(=O)N1CCC(C2CCCC(C3=NOC(C(=C)/C=C\C=C/C)C3)CCC2)CC1. The highest BCUT2D eigenvalue weighted by molar-refractivity contribution is 6.19. The van der Waals surface area contributed by atoms with Crippen molar-refractivity contribution in [2.24, 2.45) is 22.9 Å². The van der Waals surface area contributed by atoms with E-state index in [0.29, 0.717) is 18.1 Å². The summed E-state index contributed by atoms with van der Waals surface area (Å²) in [6.07, 6.45) is 19.7. The van der Waals surface area contributed by atoms with Gasteiger partial charge >= 0.3 is 0 Å². The van der Waals surface area contributed by atoms with E-state index in [-0.39, 0.29) is 6.10 Å². The molecular formula is C25H39BN2O2. The number of piperidine rings is 1. The van der Waals surface area contributed by atoms with Gasteiger partial charge in [0.2, 0.25) is 5.91 Å². The van der Waals surface area contributed by atoms with Crippen molar-refractivity contribution in [3.63, 3.8) is 0 Å². The summed E-state index contributed by atoms with van der Waals surface area (Å²) in [7, 11) is 1.97. The van der Waals surface area contributed by atoms with Crippen LogP contribution >= 0.6 is 0 Å². The molecule has 1 aliphatic carbocycles. The average molecular weight is 410 g/mol. The number of amides is 1. The van der Waals surface area contributed by atoms with E-state index < -0.39 is 0 Å². The minimum absolute atomic E-state index is 0.00992. The van der Waals surface area contributed by atoms with E-state index in [9.17, 15) is 4.79 Å². The molecule has 4 nitrogen and oxygen atoms in total. The lowest BCUT2D eigenvalue weighted by atomic mass is 9.75. The highest BCUT2D eigenvalue weighted by Crippen LogP contribution is 2.37. The van der Waals surface area contributed by atoms with Crippen molar-refractivity contribution in [3.8, 4) is 0 Å². The summed E-state index contributed by atoms with van der Waals surface area (Å²) < 4.78 is 0. The van der Waals surface area contributed by atoms with Gasteiger partial charge in [0.15, 0.2) is 6.10 Å². The number of oxime groups is 1. The number of allylic oxidation sites excluding steroid dienone is 3.